The lowest BCUT2D eigenvalue weighted by atomic mass is 10.2. The molecule has 1 amide bonds. The fourth-order valence-electron chi connectivity index (χ4n) is 1.18. The minimum atomic E-state index is -0.710. The Morgan fingerprint density at radius 3 is 2.69 bits per heavy atom. The van der Waals surface area contributed by atoms with Gasteiger partial charge in [-0.3, -0.25) is 14.6 Å². The largest absolute Gasteiger partial charge is 0.347 e. The molecule has 0 saturated heterocycles. The molecule has 1 rings (SSSR count). The van der Waals surface area contributed by atoms with Crippen LogP contribution in [-0.4, -0.2) is 28.5 Å². The second-order valence-corrected chi connectivity index (χ2v) is 3.32. The van der Waals surface area contributed by atoms with Crippen molar-refractivity contribution < 1.29 is 4.79 Å². The van der Waals surface area contributed by atoms with Gasteiger partial charge in [0.15, 0.2) is 0 Å². The summed E-state index contributed by atoms with van der Waals surface area (Å²) < 4.78 is 0. The number of aromatic amines is 2. The van der Waals surface area contributed by atoms with E-state index < -0.39 is 17.2 Å². The number of hydrogen-bond acceptors (Lipinski definition) is 4. The molecule has 1 aromatic rings. The van der Waals surface area contributed by atoms with E-state index in [2.05, 4.69) is 10.3 Å². The minimum absolute atomic E-state index is 0.0688. The topological polar surface area (TPSA) is 121 Å². The molecule has 1 atom stereocenters. The van der Waals surface area contributed by atoms with Crippen LogP contribution in [0.1, 0.15) is 23.8 Å². The Morgan fingerprint density at radius 1 is 1.50 bits per heavy atom. The van der Waals surface area contributed by atoms with Crippen LogP contribution in [0.25, 0.3) is 0 Å². The second-order valence-electron chi connectivity index (χ2n) is 3.32. The molecule has 1 unspecified atom stereocenters. The van der Waals surface area contributed by atoms with Crippen LogP contribution in [0.2, 0.25) is 0 Å². The second kappa shape index (κ2) is 5.26. The summed E-state index contributed by atoms with van der Waals surface area (Å²) in [6.07, 6.45) is 0.676. The summed E-state index contributed by atoms with van der Waals surface area (Å²) in [6.45, 7) is 2.17. The zero-order valence-electron chi connectivity index (χ0n) is 8.87. The van der Waals surface area contributed by atoms with E-state index in [0.717, 1.165) is 6.07 Å². The van der Waals surface area contributed by atoms with Crippen LogP contribution in [-0.2, 0) is 0 Å². The fourth-order valence-corrected chi connectivity index (χ4v) is 1.18. The Morgan fingerprint density at radius 2 is 2.19 bits per heavy atom. The van der Waals surface area contributed by atoms with Crippen molar-refractivity contribution in [2.75, 3.05) is 6.54 Å². The number of hydrogen-bond donors (Lipinski definition) is 4. The van der Waals surface area contributed by atoms with Crippen LogP contribution in [0.5, 0.6) is 0 Å². The number of nitrogens with one attached hydrogen (secondary N) is 3. The maximum Gasteiger partial charge on any atom is 0.326 e. The standard InChI is InChI=1S/C9H14N4O3/c1-2-5(4-10)11-8(15)6-3-7(14)13-9(16)12-6/h3,5H,2,4,10H2,1H3,(H,11,15)(H2,12,13,14,16). The number of amides is 1. The molecule has 0 aliphatic heterocycles. The molecule has 0 aliphatic rings. The molecule has 0 spiro atoms. The summed E-state index contributed by atoms with van der Waals surface area (Å²) in [6, 6.07) is 0.857. The zero-order chi connectivity index (χ0) is 12.1. The molecule has 5 N–H and O–H groups in total. The van der Waals surface area contributed by atoms with E-state index in [-0.39, 0.29) is 11.7 Å². The molecule has 1 heterocycles. The molecule has 1 aromatic heterocycles. The van der Waals surface area contributed by atoms with Crippen molar-refractivity contribution in [3.8, 4) is 0 Å². The van der Waals surface area contributed by atoms with E-state index in [1.54, 1.807) is 0 Å². The third-order valence-corrected chi connectivity index (χ3v) is 2.12. The van der Waals surface area contributed by atoms with Gasteiger partial charge in [0, 0.05) is 18.7 Å². The SMILES string of the molecule is CCC(CN)NC(=O)c1cc(=O)[nH]c(=O)[nH]1. The van der Waals surface area contributed by atoms with Crippen molar-refractivity contribution >= 4 is 5.91 Å². The lowest BCUT2D eigenvalue weighted by Gasteiger charge is -2.13. The summed E-state index contributed by atoms with van der Waals surface area (Å²) in [5.74, 6) is -0.513. The van der Waals surface area contributed by atoms with Gasteiger partial charge in [0.25, 0.3) is 11.5 Å². The average Bonchev–Trinajstić information content (AvgIpc) is 2.24. The van der Waals surface area contributed by atoms with Crippen molar-refractivity contribution in [2.45, 2.75) is 19.4 Å². The predicted molar refractivity (Wildman–Crippen MR) is 58.3 cm³/mol. The van der Waals surface area contributed by atoms with E-state index in [0.29, 0.717) is 13.0 Å². The van der Waals surface area contributed by atoms with Gasteiger partial charge >= 0.3 is 5.69 Å². The number of H-pyrrole nitrogens is 2. The molecule has 0 fully saturated rings. The van der Waals surface area contributed by atoms with Crippen LogP contribution in [0.3, 0.4) is 0 Å². The summed E-state index contributed by atoms with van der Waals surface area (Å²) in [5.41, 5.74) is 4.02. The van der Waals surface area contributed by atoms with E-state index in [4.69, 9.17) is 5.73 Å². The number of aromatic nitrogens is 2. The average molecular weight is 226 g/mol. The maximum atomic E-state index is 11.6. The highest BCUT2D eigenvalue weighted by molar-refractivity contribution is 5.92. The Balaban J connectivity index is 2.88. The maximum absolute atomic E-state index is 11.6. The molecule has 0 saturated carbocycles. The molecule has 7 nitrogen and oxygen atoms in total. The quantitative estimate of drug-likeness (QED) is 0.500. The van der Waals surface area contributed by atoms with Crippen LogP contribution in [0, 0.1) is 0 Å². The van der Waals surface area contributed by atoms with Crippen molar-refractivity contribution in [3.05, 3.63) is 32.6 Å². The first-order valence-corrected chi connectivity index (χ1v) is 4.91. The molecule has 7 heteroatoms. The normalized spacial score (nSPS) is 12.1. The molecule has 0 aromatic carbocycles. The Hall–Kier alpha value is -1.89. The molecule has 16 heavy (non-hydrogen) atoms. The Kier molecular flexibility index (Phi) is 4.01. The Labute approximate surface area is 91.1 Å². The lowest BCUT2D eigenvalue weighted by molar-refractivity contribution is 0.0931. The molecule has 0 aliphatic carbocycles. The molecule has 88 valence electrons. The highest BCUT2D eigenvalue weighted by Crippen LogP contribution is 1.91. The molecular weight excluding hydrogens is 212 g/mol. The van der Waals surface area contributed by atoms with E-state index in [1.807, 2.05) is 11.9 Å². The lowest BCUT2D eigenvalue weighted by Crippen LogP contribution is -2.41. The summed E-state index contributed by atoms with van der Waals surface area (Å²) in [7, 11) is 0. The van der Waals surface area contributed by atoms with Gasteiger partial charge in [-0.15, -0.1) is 0 Å². The third kappa shape index (κ3) is 3.06. The smallest absolute Gasteiger partial charge is 0.326 e. The fraction of sp³-hybridized carbons (Fsp3) is 0.444. The van der Waals surface area contributed by atoms with Crippen LogP contribution in [0.4, 0.5) is 0 Å². The van der Waals surface area contributed by atoms with E-state index in [9.17, 15) is 14.4 Å². The van der Waals surface area contributed by atoms with Gasteiger partial charge in [-0.1, -0.05) is 6.92 Å². The zero-order valence-corrected chi connectivity index (χ0v) is 8.87. The van der Waals surface area contributed by atoms with E-state index in [1.165, 1.54) is 0 Å². The van der Waals surface area contributed by atoms with Gasteiger partial charge < -0.3 is 16.0 Å². The Bertz CT molecular complexity index is 444. The van der Waals surface area contributed by atoms with Gasteiger partial charge in [0.05, 0.1) is 0 Å². The van der Waals surface area contributed by atoms with Crippen molar-refractivity contribution in [1.29, 1.82) is 0 Å². The first-order chi connectivity index (χ1) is 7.56. The highest BCUT2D eigenvalue weighted by Gasteiger charge is 2.12. The van der Waals surface area contributed by atoms with Crippen LogP contribution >= 0.6 is 0 Å². The first kappa shape index (κ1) is 12.2. The van der Waals surface area contributed by atoms with Gasteiger partial charge in [-0.25, -0.2) is 4.79 Å². The van der Waals surface area contributed by atoms with Crippen molar-refractivity contribution in [3.63, 3.8) is 0 Å². The number of rotatable bonds is 4. The van der Waals surface area contributed by atoms with Crippen molar-refractivity contribution in [2.24, 2.45) is 5.73 Å². The first-order valence-electron chi connectivity index (χ1n) is 4.91. The minimum Gasteiger partial charge on any atom is -0.347 e. The van der Waals surface area contributed by atoms with Crippen LogP contribution in [0.15, 0.2) is 15.7 Å². The van der Waals surface area contributed by atoms with Gasteiger partial charge in [0.1, 0.15) is 5.69 Å². The molecule has 0 radical (unpaired) electrons. The molecular formula is C9H14N4O3. The van der Waals surface area contributed by atoms with Gasteiger partial charge in [-0.05, 0) is 6.42 Å². The number of carbonyl (C=O) groups is 1. The van der Waals surface area contributed by atoms with Gasteiger partial charge in [-0.2, -0.15) is 0 Å². The van der Waals surface area contributed by atoms with Crippen molar-refractivity contribution in [1.82, 2.24) is 15.3 Å². The molecule has 0 bridgehead atoms. The monoisotopic (exact) mass is 226 g/mol. The predicted octanol–water partition coefficient (Wildman–Crippen LogP) is -1.47. The van der Waals surface area contributed by atoms with E-state index >= 15 is 0 Å². The third-order valence-electron chi connectivity index (χ3n) is 2.12. The summed E-state index contributed by atoms with van der Waals surface area (Å²) >= 11 is 0. The summed E-state index contributed by atoms with van der Waals surface area (Å²) in [5, 5.41) is 2.60. The van der Waals surface area contributed by atoms with Gasteiger partial charge in [0.2, 0.25) is 0 Å². The van der Waals surface area contributed by atoms with Crippen LogP contribution < -0.4 is 22.3 Å². The summed E-state index contributed by atoms with van der Waals surface area (Å²) in [4.78, 5) is 37.7. The number of nitrogens with two attached hydrogens (primary N) is 1. The highest BCUT2D eigenvalue weighted by atomic mass is 16.2. The number of carbonyl (C=O) groups excluding carboxylic acids is 1.